The lowest BCUT2D eigenvalue weighted by atomic mass is 9.97. The number of carbonyl (C=O) groups is 2. The molecule has 0 radical (unpaired) electrons. The van der Waals surface area contributed by atoms with E-state index in [0.29, 0.717) is 38.5 Å². The van der Waals surface area contributed by atoms with Gasteiger partial charge in [0, 0.05) is 19.1 Å². The van der Waals surface area contributed by atoms with Crippen LogP contribution in [0.1, 0.15) is 26.7 Å². The Bertz CT molecular complexity index is 283. The molecule has 0 aliphatic carbocycles. The highest BCUT2D eigenvalue weighted by atomic mass is 16.4. The summed E-state index contributed by atoms with van der Waals surface area (Å²) in [6, 6.07) is 0.343. The van der Waals surface area contributed by atoms with Gasteiger partial charge in [-0.1, -0.05) is 0 Å². The zero-order valence-corrected chi connectivity index (χ0v) is 10.8. The molecule has 0 unspecified atom stereocenters. The maximum absolute atomic E-state index is 11.9. The van der Waals surface area contributed by atoms with E-state index in [1.165, 1.54) is 0 Å². The minimum absolute atomic E-state index is 0.102. The largest absolute Gasteiger partial charge is 0.481 e. The number of hydrogen-bond acceptors (Lipinski definition) is 3. The third-order valence-corrected chi connectivity index (χ3v) is 3.46. The molecule has 0 aromatic rings. The molecule has 1 fully saturated rings. The van der Waals surface area contributed by atoms with E-state index in [4.69, 9.17) is 5.11 Å². The van der Waals surface area contributed by atoms with Crippen molar-refractivity contribution in [2.45, 2.75) is 32.7 Å². The summed E-state index contributed by atoms with van der Waals surface area (Å²) in [5, 5.41) is 8.87. The van der Waals surface area contributed by atoms with Crippen LogP contribution in [0.5, 0.6) is 0 Å². The Morgan fingerprint density at radius 2 is 1.88 bits per heavy atom. The molecule has 0 bridgehead atoms. The van der Waals surface area contributed by atoms with Crippen molar-refractivity contribution < 1.29 is 14.7 Å². The van der Waals surface area contributed by atoms with Crippen LogP contribution in [-0.2, 0) is 9.59 Å². The Hall–Kier alpha value is -1.10. The highest BCUT2D eigenvalue weighted by Crippen LogP contribution is 2.17. The minimum Gasteiger partial charge on any atom is -0.481 e. The van der Waals surface area contributed by atoms with Gasteiger partial charge in [-0.15, -0.1) is 0 Å². The van der Waals surface area contributed by atoms with E-state index >= 15 is 0 Å². The van der Waals surface area contributed by atoms with Gasteiger partial charge in [0.1, 0.15) is 0 Å². The van der Waals surface area contributed by atoms with Crippen LogP contribution in [0.25, 0.3) is 0 Å². The van der Waals surface area contributed by atoms with E-state index in [-0.39, 0.29) is 11.8 Å². The second kappa shape index (κ2) is 6.00. The maximum Gasteiger partial charge on any atom is 0.306 e. The number of carboxylic acid groups (broad SMARTS) is 1. The number of hydrogen-bond donors (Lipinski definition) is 1. The predicted molar refractivity (Wildman–Crippen MR) is 64.7 cm³/mol. The number of carboxylic acids is 1. The zero-order chi connectivity index (χ0) is 13.0. The molecule has 1 amide bonds. The fourth-order valence-electron chi connectivity index (χ4n) is 1.87. The van der Waals surface area contributed by atoms with Gasteiger partial charge >= 0.3 is 5.97 Å². The Morgan fingerprint density at radius 1 is 1.35 bits per heavy atom. The number of likely N-dealkylation sites (N-methyl/N-ethyl adjacent to an activating group) is 1. The average molecular weight is 242 g/mol. The summed E-state index contributed by atoms with van der Waals surface area (Å²) in [6.07, 6.45) is 1.15. The van der Waals surface area contributed by atoms with Crippen LogP contribution in [0.15, 0.2) is 0 Å². The molecule has 1 aliphatic rings. The first kappa shape index (κ1) is 14.0. The third kappa shape index (κ3) is 4.00. The van der Waals surface area contributed by atoms with Gasteiger partial charge in [0.05, 0.1) is 12.5 Å². The lowest BCUT2D eigenvalue weighted by Gasteiger charge is -2.32. The van der Waals surface area contributed by atoms with Crippen LogP contribution in [0, 0.1) is 5.92 Å². The summed E-state index contributed by atoms with van der Waals surface area (Å²) >= 11 is 0. The van der Waals surface area contributed by atoms with E-state index < -0.39 is 5.97 Å². The molecule has 0 aromatic carbocycles. The van der Waals surface area contributed by atoms with Crippen molar-refractivity contribution in [3.05, 3.63) is 0 Å². The van der Waals surface area contributed by atoms with Crippen LogP contribution < -0.4 is 0 Å². The van der Waals surface area contributed by atoms with Crippen molar-refractivity contribution in [3.63, 3.8) is 0 Å². The molecule has 5 heteroatoms. The fraction of sp³-hybridized carbons (Fsp3) is 0.833. The third-order valence-electron chi connectivity index (χ3n) is 3.46. The number of rotatable bonds is 4. The lowest BCUT2D eigenvalue weighted by Crippen LogP contribution is -2.45. The molecule has 1 heterocycles. The smallest absolute Gasteiger partial charge is 0.306 e. The first-order valence-corrected chi connectivity index (χ1v) is 6.12. The van der Waals surface area contributed by atoms with Gasteiger partial charge in [-0.25, -0.2) is 0 Å². The van der Waals surface area contributed by atoms with Gasteiger partial charge in [0.25, 0.3) is 0 Å². The molecule has 1 aliphatic heterocycles. The van der Waals surface area contributed by atoms with Gasteiger partial charge < -0.3 is 10.0 Å². The molecular weight excluding hydrogens is 220 g/mol. The SMILES string of the molecule is CC(C)N(C)CC(=O)N1CCC(C(=O)O)CC1. The Balaban J connectivity index is 2.38. The highest BCUT2D eigenvalue weighted by Gasteiger charge is 2.27. The molecule has 0 spiro atoms. The number of carbonyl (C=O) groups excluding carboxylic acids is 1. The molecule has 1 rings (SSSR count). The minimum atomic E-state index is -0.739. The number of aliphatic carboxylic acids is 1. The van der Waals surface area contributed by atoms with Crippen molar-refractivity contribution in [2.75, 3.05) is 26.7 Å². The van der Waals surface area contributed by atoms with Crippen LogP contribution in [-0.4, -0.2) is 59.5 Å². The molecule has 0 saturated carbocycles. The molecule has 17 heavy (non-hydrogen) atoms. The normalized spacial score (nSPS) is 17.8. The van der Waals surface area contributed by atoms with E-state index in [9.17, 15) is 9.59 Å². The number of amides is 1. The number of piperidine rings is 1. The maximum atomic E-state index is 11.9. The van der Waals surface area contributed by atoms with E-state index in [2.05, 4.69) is 0 Å². The molecule has 0 atom stereocenters. The number of likely N-dealkylation sites (tertiary alicyclic amines) is 1. The summed E-state index contributed by atoms with van der Waals surface area (Å²) < 4.78 is 0. The van der Waals surface area contributed by atoms with Crippen molar-refractivity contribution in [2.24, 2.45) is 5.92 Å². The van der Waals surface area contributed by atoms with Gasteiger partial charge in [-0.2, -0.15) is 0 Å². The van der Waals surface area contributed by atoms with Crippen molar-refractivity contribution in [1.82, 2.24) is 9.80 Å². The summed E-state index contributed by atoms with van der Waals surface area (Å²) in [7, 11) is 1.92. The van der Waals surface area contributed by atoms with Crippen LogP contribution in [0.2, 0.25) is 0 Å². The van der Waals surface area contributed by atoms with Crippen molar-refractivity contribution in [3.8, 4) is 0 Å². The van der Waals surface area contributed by atoms with E-state index in [0.717, 1.165) is 0 Å². The lowest BCUT2D eigenvalue weighted by molar-refractivity contribution is -0.146. The second-order valence-electron chi connectivity index (χ2n) is 5.00. The van der Waals surface area contributed by atoms with Gasteiger partial charge in [0.15, 0.2) is 0 Å². The van der Waals surface area contributed by atoms with Gasteiger partial charge in [-0.05, 0) is 33.7 Å². The average Bonchev–Trinajstić information content (AvgIpc) is 2.28. The topological polar surface area (TPSA) is 60.9 Å². The zero-order valence-electron chi connectivity index (χ0n) is 10.8. The van der Waals surface area contributed by atoms with E-state index in [1.807, 2.05) is 25.8 Å². The summed E-state index contributed by atoms with van der Waals surface area (Å²) in [5.41, 5.74) is 0. The van der Waals surface area contributed by atoms with Crippen LogP contribution >= 0.6 is 0 Å². The molecule has 1 saturated heterocycles. The molecule has 98 valence electrons. The summed E-state index contributed by atoms with van der Waals surface area (Å²) in [6.45, 7) is 5.65. The monoisotopic (exact) mass is 242 g/mol. The van der Waals surface area contributed by atoms with E-state index in [1.54, 1.807) is 4.90 Å². The van der Waals surface area contributed by atoms with Gasteiger partial charge in [-0.3, -0.25) is 14.5 Å². The summed E-state index contributed by atoms with van der Waals surface area (Å²) in [5.74, 6) is -0.914. The van der Waals surface area contributed by atoms with Crippen molar-refractivity contribution >= 4 is 11.9 Å². The standard InChI is InChI=1S/C12H22N2O3/c1-9(2)13(3)8-11(15)14-6-4-10(5-7-14)12(16)17/h9-10H,4-8H2,1-3H3,(H,16,17). The molecule has 1 N–H and O–H groups in total. The van der Waals surface area contributed by atoms with Crippen LogP contribution in [0.4, 0.5) is 0 Å². The highest BCUT2D eigenvalue weighted by molar-refractivity contribution is 5.79. The number of nitrogens with zero attached hydrogens (tertiary/aromatic N) is 2. The predicted octanol–water partition coefficient (Wildman–Crippen LogP) is 0.650. The summed E-state index contributed by atoms with van der Waals surface area (Å²) in [4.78, 5) is 26.5. The molecule has 0 aromatic heterocycles. The first-order chi connectivity index (χ1) is 7.91. The van der Waals surface area contributed by atoms with Gasteiger partial charge in [0.2, 0.25) is 5.91 Å². The Labute approximate surface area is 102 Å². The Morgan fingerprint density at radius 3 is 2.29 bits per heavy atom. The van der Waals surface area contributed by atoms with Crippen molar-refractivity contribution in [1.29, 1.82) is 0 Å². The molecule has 5 nitrogen and oxygen atoms in total. The molecular formula is C12H22N2O3. The fourth-order valence-corrected chi connectivity index (χ4v) is 1.87. The second-order valence-corrected chi connectivity index (χ2v) is 5.00. The van der Waals surface area contributed by atoms with Crippen LogP contribution in [0.3, 0.4) is 0 Å². The Kier molecular flexibility index (Phi) is 4.93. The quantitative estimate of drug-likeness (QED) is 0.786. The first-order valence-electron chi connectivity index (χ1n) is 6.12.